The van der Waals surface area contributed by atoms with E-state index in [9.17, 15) is 0 Å². The Morgan fingerprint density at radius 2 is 2.08 bits per heavy atom. The van der Waals surface area contributed by atoms with Gasteiger partial charge in [0.1, 0.15) is 0 Å². The summed E-state index contributed by atoms with van der Waals surface area (Å²) in [5, 5.41) is 3.97. The summed E-state index contributed by atoms with van der Waals surface area (Å²) in [6.45, 7) is 4.25. The molecule has 64 valence electrons. The van der Waals surface area contributed by atoms with Gasteiger partial charge >= 0.3 is 0 Å². The summed E-state index contributed by atoms with van der Waals surface area (Å²) in [7, 11) is 0. The second kappa shape index (κ2) is 4.49. The van der Waals surface area contributed by atoms with Gasteiger partial charge in [-0.3, -0.25) is 0 Å². The van der Waals surface area contributed by atoms with E-state index in [0.717, 1.165) is 5.65 Å². The normalized spacial score (nSPS) is 9.17. The Morgan fingerprint density at radius 1 is 1.33 bits per heavy atom. The molecule has 0 aliphatic heterocycles. The highest BCUT2D eigenvalue weighted by molar-refractivity contribution is 5.33. The Balaban J connectivity index is 0.000000213. The van der Waals surface area contributed by atoms with Crippen molar-refractivity contribution in [3.8, 4) is 0 Å². The van der Waals surface area contributed by atoms with E-state index in [1.54, 1.807) is 16.9 Å². The first-order valence-electron chi connectivity index (χ1n) is 4.12. The standard InChI is InChI=1S/C6H5N3.C3H8/c1-3-7-6-2-4-8-9(6)5-1;1-3-2/h1-5H;3H2,1-2H3. The molecule has 3 nitrogen and oxygen atoms in total. The highest BCUT2D eigenvalue weighted by Gasteiger charge is 1.86. The first-order valence-corrected chi connectivity index (χ1v) is 4.12. The van der Waals surface area contributed by atoms with Crippen molar-refractivity contribution in [1.82, 2.24) is 14.6 Å². The lowest BCUT2D eigenvalue weighted by molar-refractivity contribution is 0.939. The fraction of sp³-hybridized carbons (Fsp3) is 0.333. The summed E-state index contributed by atoms with van der Waals surface area (Å²) in [4.78, 5) is 4.04. The van der Waals surface area contributed by atoms with Crippen LogP contribution in [-0.4, -0.2) is 14.6 Å². The van der Waals surface area contributed by atoms with Gasteiger partial charge < -0.3 is 0 Å². The van der Waals surface area contributed by atoms with Crippen molar-refractivity contribution in [2.75, 3.05) is 0 Å². The Kier molecular flexibility index (Phi) is 3.26. The van der Waals surface area contributed by atoms with Crippen molar-refractivity contribution in [2.24, 2.45) is 0 Å². The van der Waals surface area contributed by atoms with Crippen LogP contribution in [0.25, 0.3) is 5.65 Å². The largest absolute Gasteiger partial charge is 0.237 e. The molecule has 0 aromatic carbocycles. The molecular weight excluding hydrogens is 150 g/mol. The lowest BCUT2D eigenvalue weighted by atomic mass is 10.6. The monoisotopic (exact) mass is 163 g/mol. The van der Waals surface area contributed by atoms with Crippen LogP contribution in [-0.2, 0) is 0 Å². The van der Waals surface area contributed by atoms with Crippen LogP contribution < -0.4 is 0 Å². The van der Waals surface area contributed by atoms with Crippen molar-refractivity contribution in [2.45, 2.75) is 20.3 Å². The molecule has 0 atom stereocenters. The van der Waals surface area contributed by atoms with Crippen molar-refractivity contribution < 1.29 is 0 Å². The third kappa shape index (κ3) is 2.05. The van der Waals surface area contributed by atoms with Gasteiger partial charge in [-0.05, 0) is 6.07 Å². The predicted octanol–water partition coefficient (Wildman–Crippen LogP) is 2.15. The number of rotatable bonds is 0. The first-order chi connectivity index (χ1) is 5.88. The Morgan fingerprint density at radius 3 is 2.75 bits per heavy atom. The maximum atomic E-state index is 4.04. The van der Waals surface area contributed by atoms with Gasteiger partial charge in [0, 0.05) is 18.5 Å². The quantitative estimate of drug-likeness (QED) is 0.595. The first kappa shape index (κ1) is 8.71. The summed E-state index contributed by atoms with van der Waals surface area (Å²) < 4.78 is 1.72. The van der Waals surface area contributed by atoms with Crippen molar-refractivity contribution in [3.05, 3.63) is 30.7 Å². The molecule has 2 aromatic heterocycles. The molecule has 2 heterocycles. The van der Waals surface area contributed by atoms with E-state index in [2.05, 4.69) is 23.9 Å². The number of aromatic nitrogens is 3. The molecule has 0 spiro atoms. The summed E-state index contributed by atoms with van der Waals surface area (Å²) >= 11 is 0. The lowest BCUT2D eigenvalue weighted by Gasteiger charge is -1.85. The number of hydrogen-bond donors (Lipinski definition) is 0. The van der Waals surface area contributed by atoms with Crippen LogP contribution in [0, 0.1) is 0 Å². The zero-order valence-electron chi connectivity index (χ0n) is 7.44. The highest BCUT2D eigenvalue weighted by Crippen LogP contribution is 1.93. The molecule has 0 N–H and O–H groups in total. The summed E-state index contributed by atoms with van der Waals surface area (Å²) in [6, 6.07) is 3.71. The van der Waals surface area contributed by atoms with E-state index in [1.165, 1.54) is 6.42 Å². The third-order valence-corrected chi connectivity index (χ3v) is 1.17. The molecule has 0 radical (unpaired) electrons. The van der Waals surface area contributed by atoms with E-state index in [4.69, 9.17) is 0 Å². The van der Waals surface area contributed by atoms with Crippen LogP contribution in [0.2, 0.25) is 0 Å². The minimum Gasteiger partial charge on any atom is -0.237 e. The van der Waals surface area contributed by atoms with Gasteiger partial charge in [-0.15, -0.1) is 0 Å². The molecule has 0 fully saturated rings. The van der Waals surface area contributed by atoms with Gasteiger partial charge in [-0.1, -0.05) is 20.3 Å². The SMILES string of the molecule is CCC.c1cnc2ccnn2c1. The van der Waals surface area contributed by atoms with Gasteiger partial charge in [0.05, 0.1) is 6.20 Å². The Hall–Kier alpha value is -1.38. The molecule has 12 heavy (non-hydrogen) atoms. The van der Waals surface area contributed by atoms with Crippen LogP contribution >= 0.6 is 0 Å². The van der Waals surface area contributed by atoms with E-state index in [-0.39, 0.29) is 0 Å². The van der Waals surface area contributed by atoms with Gasteiger partial charge in [-0.2, -0.15) is 5.10 Å². The van der Waals surface area contributed by atoms with E-state index in [0.29, 0.717) is 0 Å². The molecule has 0 aliphatic rings. The fourth-order valence-electron chi connectivity index (χ4n) is 0.764. The number of hydrogen-bond acceptors (Lipinski definition) is 2. The van der Waals surface area contributed by atoms with Crippen LogP contribution in [0.1, 0.15) is 20.3 Å². The van der Waals surface area contributed by atoms with Crippen LogP contribution in [0.15, 0.2) is 30.7 Å². The molecule has 0 unspecified atom stereocenters. The molecule has 0 saturated heterocycles. The second-order valence-electron chi connectivity index (χ2n) is 2.46. The van der Waals surface area contributed by atoms with Crippen molar-refractivity contribution in [1.29, 1.82) is 0 Å². The molecule has 2 rings (SSSR count). The van der Waals surface area contributed by atoms with E-state index in [1.807, 2.05) is 18.3 Å². The van der Waals surface area contributed by atoms with Crippen LogP contribution in [0.4, 0.5) is 0 Å². The molecule has 0 saturated carbocycles. The van der Waals surface area contributed by atoms with Gasteiger partial charge in [-0.25, -0.2) is 9.50 Å². The molecular formula is C9H13N3. The molecule has 0 amide bonds. The fourth-order valence-corrected chi connectivity index (χ4v) is 0.764. The van der Waals surface area contributed by atoms with E-state index >= 15 is 0 Å². The Bertz CT molecular complexity index is 297. The van der Waals surface area contributed by atoms with Gasteiger partial charge in [0.15, 0.2) is 5.65 Å². The average Bonchev–Trinajstić information content (AvgIpc) is 2.52. The minimum atomic E-state index is 0.887. The maximum absolute atomic E-state index is 4.04. The average molecular weight is 163 g/mol. The second-order valence-corrected chi connectivity index (χ2v) is 2.46. The summed E-state index contributed by atoms with van der Waals surface area (Å²) in [6.07, 6.45) is 6.59. The number of nitrogens with zero attached hydrogens (tertiary/aromatic N) is 3. The van der Waals surface area contributed by atoms with Gasteiger partial charge in [0.25, 0.3) is 0 Å². The summed E-state index contributed by atoms with van der Waals surface area (Å²) in [5.41, 5.74) is 0.887. The molecule has 0 bridgehead atoms. The predicted molar refractivity (Wildman–Crippen MR) is 49.0 cm³/mol. The summed E-state index contributed by atoms with van der Waals surface area (Å²) in [5.74, 6) is 0. The third-order valence-electron chi connectivity index (χ3n) is 1.17. The topological polar surface area (TPSA) is 30.2 Å². The smallest absolute Gasteiger partial charge is 0.154 e. The van der Waals surface area contributed by atoms with Crippen molar-refractivity contribution >= 4 is 5.65 Å². The molecule has 0 aliphatic carbocycles. The zero-order chi connectivity index (χ0) is 8.81. The minimum absolute atomic E-state index is 0.887. The van der Waals surface area contributed by atoms with Crippen LogP contribution in [0.5, 0.6) is 0 Å². The highest BCUT2D eigenvalue weighted by atomic mass is 15.2. The Labute approximate surface area is 72.1 Å². The van der Waals surface area contributed by atoms with Crippen LogP contribution in [0.3, 0.4) is 0 Å². The van der Waals surface area contributed by atoms with Crippen molar-refractivity contribution in [3.63, 3.8) is 0 Å². The maximum Gasteiger partial charge on any atom is 0.154 e. The zero-order valence-corrected chi connectivity index (χ0v) is 7.44. The lowest BCUT2D eigenvalue weighted by Crippen LogP contribution is -1.85. The number of fused-ring (bicyclic) bond motifs is 1. The molecule has 2 aromatic rings. The van der Waals surface area contributed by atoms with E-state index < -0.39 is 0 Å². The van der Waals surface area contributed by atoms with Gasteiger partial charge in [0.2, 0.25) is 0 Å². The molecule has 3 heteroatoms.